The van der Waals surface area contributed by atoms with Crippen LogP contribution in [0.25, 0.3) is 11.0 Å². The van der Waals surface area contributed by atoms with Crippen LogP contribution in [0.4, 0.5) is 23.4 Å². The first-order chi connectivity index (χ1) is 13.9. The highest BCUT2D eigenvalue weighted by molar-refractivity contribution is 5.78. The van der Waals surface area contributed by atoms with Gasteiger partial charge in [-0.15, -0.1) is 0 Å². The van der Waals surface area contributed by atoms with Gasteiger partial charge in [0.05, 0.1) is 0 Å². The average Bonchev–Trinajstić information content (AvgIpc) is 3.11. The van der Waals surface area contributed by atoms with Crippen LogP contribution in [0.1, 0.15) is 22.4 Å². The van der Waals surface area contributed by atoms with Crippen LogP contribution in [0.15, 0.2) is 49.2 Å². The van der Waals surface area contributed by atoms with Gasteiger partial charge in [-0.2, -0.15) is 17.6 Å². The van der Waals surface area contributed by atoms with Crippen molar-refractivity contribution >= 4 is 16.9 Å². The number of aromatic amines is 1. The zero-order chi connectivity index (χ0) is 20.4. The highest BCUT2D eigenvalue weighted by Crippen LogP contribution is 2.28. The zero-order valence-electron chi connectivity index (χ0n) is 14.8. The molecule has 148 valence electrons. The van der Waals surface area contributed by atoms with Crippen LogP contribution in [0, 0.1) is 5.95 Å². The van der Waals surface area contributed by atoms with Crippen molar-refractivity contribution in [2.24, 2.45) is 0 Å². The maximum atomic E-state index is 14.4. The van der Waals surface area contributed by atoms with Gasteiger partial charge in [-0.05, 0) is 29.3 Å². The molecule has 0 fully saturated rings. The Balaban J connectivity index is 1.46. The average molecular weight is 402 g/mol. The second-order valence-corrected chi connectivity index (χ2v) is 6.32. The number of H-pyrrole nitrogens is 1. The lowest BCUT2D eigenvalue weighted by molar-refractivity contribution is -0.141. The molecule has 10 heteroatoms. The van der Waals surface area contributed by atoms with Gasteiger partial charge in [0.15, 0.2) is 0 Å². The molecule has 0 bridgehead atoms. The summed E-state index contributed by atoms with van der Waals surface area (Å²) in [5.41, 5.74) is 1.26. The van der Waals surface area contributed by atoms with Crippen LogP contribution in [0.2, 0.25) is 0 Å². The topological polar surface area (TPSA) is 79.4 Å². The monoisotopic (exact) mass is 402 g/mol. The van der Waals surface area contributed by atoms with Gasteiger partial charge in [-0.1, -0.05) is 6.07 Å². The molecule has 6 nitrogen and oxygen atoms in total. The zero-order valence-corrected chi connectivity index (χ0v) is 14.8. The van der Waals surface area contributed by atoms with Gasteiger partial charge in [0, 0.05) is 42.5 Å². The summed E-state index contributed by atoms with van der Waals surface area (Å²) < 4.78 is 52.6. The largest absolute Gasteiger partial charge is 0.433 e. The van der Waals surface area contributed by atoms with E-state index in [4.69, 9.17) is 0 Å². The highest BCUT2D eigenvalue weighted by Gasteiger charge is 2.32. The number of alkyl halides is 3. The fourth-order valence-electron chi connectivity index (χ4n) is 2.89. The van der Waals surface area contributed by atoms with E-state index in [0.717, 1.165) is 23.2 Å². The maximum Gasteiger partial charge on any atom is 0.433 e. The number of nitrogens with zero attached hydrogens (tertiary/aromatic N) is 4. The third-order valence-electron chi connectivity index (χ3n) is 4.34. The Morgan fingerprint density at radius 2 is 1.93 bits per heavy atom. The minimum atomic E-state index is -4.52. The van der Waals surface area contributed by atoms with E-state index in [0.29, 0.717) is 23.2 Å². The molecule has 0 radical (unpaired) electrons. The standard InChI is InChI=1S/C19H14F4N6/c20-17-12(6-13-8-27-18-14(13)9-24-10-28-18)1-2-16(29-17)26-7-11-3-4-25-15(5-11)19(21,22)23/h1-5,8-10H,6-7H2,(H,26,29)(H,24,27,28). The highest BCUT2D eigenvalue weighted by atomic mass is 19.4. The molecule has 0 amide bonds. The number of hydrogen-bond donors (Lipinski definition) is 2. The van der Waals surface area contributed by atoms with Crippen LogP contribution < -0.4 is 5.32 Å². The van der Waals surface area contributed by atoms with Crippen molar-refractivity contribution in [2.45, 2.75) is 19.1 Å². The van der Waals surface area contributed by atoms with Crippen molar-refractivity contribution in [2.75, 3.05) is 5.32 Å². The third-order valence-corrected chi connectivity index (χ3v) is 4.34. The van der Waals surface area contributed by atoms with Crippen molar-refractivity contribution in [3.05, 3.63) is 77.5 Å². The van der Waals surface area contributed by atoms with E-state index in [1.54, 1.807) is 24.5 Å². The number of hydrogen-bond acceptors (Lipinski definition) is 5. The van der Waals surface area contributed by atoms with Gasteiger partial charge in [0.25, 0.3) is 0 Å². The molecule has 4 aromatic heterocycles. The predicted octanol–water partition coefficient (Wildman–Crippen LogP) is 4.11. The van der Waals surface area contributed by atoms with Crippen molar-refractivity contribution in [1.82, 2.24) is 24.9 Å². The molecule has 0 saturated carbocycles. The van der Waals surface area contributed by atoms with Crippen molar-refractivity contribution < 1.29 is 17.6 Å². The molecular formula is C19H14F4N6. The van der Waals surface area contributed by atoms with Crippen molar-refractivity contribution in [1.29, 1.82) is 0 Å². The number of fused-ring (bicyclic) bond motifs is 1. The fourth-order valence-corrected chi connectivity index (χ4v) is 2.89. The SMILES string of the molecule is Fc1nc(NCc2ccnc(C(F)(F)F)c2)ccc1Cc1c[nH]c2ncncc12. The molecule has 0 spiro atoms. The number of halogens is 4. The molecule has 2 N–H and O–H groups in total. The molecule has 0 unspecified atom stereocenters. The molecule has 0 aromatic carbocycles. The second-order valence-electron chi connectivity index (χ2n) is 6.32. The van der Waals surface area contributed by atoms with Crippen LogP contribution in [-0.2, 0) is 19.1 Å². The minimum Gasteiger partial charge on any atom is -0.366 e. The van der Waals surface area contributed by atoms with Gasteiger partial charge in [0.2, 0.25) is 5.95 Å². The van der Waals surface area contributed by atoms with E-state index in [2.05, 4.69) is 30.2 Å². The van der Waals surface area contributed by atoms with Crippen molar-refractivity contribution in [3.63, 3.8) is 0 Å². The minimum absolute atomic E-state index is 0.0528. The first-order valence-electron chi connectivity index (χ1n) is 8.57. The second kappa shape index (κ2) is 7.46. The Kier molecular flexibility index (Phi) is 4.83. The molecule has 4 rings (SSSR count). The number of rotatable bonds is 5. The first kappa shape index (κ1) is 18.8. The number of pyridine rings is 2. The molecule has 0 aliphatic carbocycles. The fraction of sp³-hybridized carbons (Fsp3) is 0.158. The van der Waals surface area contributed by atoms with Gasteiger partial charge >= 0.3 is 6.18 Å². The van der Waals surface area contributed by atoms with Gasteiger partial charge < -0.3 is 10.3 Å². The lowest BCUT2D eigenvalue weighted by atomic mass is 10.1. The quantitative estimate of drug-likeness (QED) is 0.388. The summed E-state index contributed by atoms with van der Waals surface area (Å²) in [6.07, 6.45) is 1.68. The van der Waals surface area contributed by atoms with E-state index in [1.165, 1.54) is 12.4 Å². The van der Waals surface area contributed by atoms with Gasteiger partial charge in [-0.25, -0.2) is 15.0 Å². The molecule has 29 heavy (non-hydrogen) atoms. The van der Waals surface area contributed by atoms with Crippen LogP contribution in [-0.4, -0.2) is 24.9 Å². The summed E-state index contributed by atoms with van der Waals surface area (Å²) in [6.45, 7) is 0.0528. The van der Waals surface area contributed by atoms with Crippen molar-refractivity contribution in [3.8, 4) is 0 Å². The smallest absolute Gasteiger partial charge is 0.366 e. The predicted molar refractivity (Wildman–Crippen MR) is 97.5 cm³/mol. The lowest BCUT2D eigenvalue weighted by Crippen LogP contribution is -2.10. The van der Waals surface area contributed by atoms with E-state index < -0.39 is 17.8 Å². The maximum absolute atomic E-state index is 14.4. The number of nitrogens with one attached hydrogen (secondary N) is 2. The van der Waals surface area contributed by atoms with Crippen LogP contribution >= 0.6 is 0 Å². The van der Waals surface area contributed by atoms with E-state index in [9.17, 15) is 17.6 Å². The Hall–Kier alpha value is -3.56. The summed E-state index contributed by atoms with van der Waals surface area (Å²) >= 11 is 0. The molecule has 0 atom stereocenters. The molecule has 4 heterocycles. The summed E-state index contributed by atoms with van der Waals surface area (Å²) in [5.74, 6) is -0.439. The lowest BCUT2D eigenvalue weighted by Gasteiger charge is -2.10. The van der Waals surface area contributed by atoms with E-state index in [1.807, 2.05) is 0 Å². The molecule has 4 aromatic rings. The van der Waals surface area contributed by atoms with Gasteiger partial charge in [-0.3, -0.25) is 4.98 Å². The molecular weight excluding hydrogens is 388 g/mol. The summed E-state index contributed by atoms with van der Waals surface area (Å²) in [5, 5.41) is 3.62. The Morgan fingerprint density at radius 1 is 1.07 bits per heavy atom. The molecule has 0 aliphatic rings. The summed E-state index contributed by atoms with van der Waals surface area (Å²) in [6, 6.07) is 5.56. The molecule has 0 aliphatic heterocycles. The Labute approximate surface area is 162 Å². The first-order valence-corrected chi connectivity index (χ1v) is 8.57. The third kappa shape index (κ3) is 4.15. The Morgan fingerprint density at radius 3 is 2.72 bits per heavy atom. The summed E-state index contributed by atoms with van der Waals surface area (Å²) in [4.78, 5) is 18.2. The Bertz CT molecular complexity index is 1150. The number of anilines is 1. The van der Waals surface area contributed by atoms with Crippen LogP contribution in [0.5, 0.6) is 0 Å². The van der Waals surface area contributed by atoms with Crippen LogP contribution in [0.3, 0.4) is 0 Å². The summed E-state index contributed by atoms with van der Waals surface area (Å²) in [7, 11) is 0. The van der Waals surface area contributed by atoms with Gasteiger partial charge in [0.1, 0.15) is 23.5 Å². The van der Waals surface area contributed by atoms with E-state index in [-0.39, 0.29) is 12.4 Å². The normalized spacial score (nSPS) is 11.7. The molecule has 0 saturated heterocycles. The number of aromatic nitrogens is 5. The van der Waals surface area contributed by atoms with E-state index >= 15 is 0 Å².